The van der Waals surface area contributed by atoms with Gasteiger partial charge in [-0.15, -0.1) is 0 Å². The molecule has 0 heterocycles. The van der Waals surface area contributed by atoms with E-state index in [9.17, 15) is 4.39 Å². The Kier molecular flexibility index (Phi) is 5.75. The summed E-state index contributed by atoms with van der Waals surface area (Å²) in [5.74, 6) is -0.198. The molecule has 2 aromatic rings. The van der Waals surface area contributed by atoms with Gasteiger partial charge >= 0.3 is 0 Å². The lowest BCUT2D eigenvalue weighted by atomic mass is 10.1. The van der Waals surface area contributed by atoms with Crippen molar-refractivity contribution in [1.82, 2.24) is 0 Å². The molecule has 0 radical (unpaired) electrons. The Morgan fingerprint density at radius 2 is 1.95 bits per heavy atom. The first-order valence-electron chi connectivity index (χ1n) is 6.37. The third-order valence-electron chi connectivity index (χ3n) is 2.82. The zero-order valence-corrected chi connectivity index (χ0v) is 13.1. The topological polar surface area (TPSA) is 30.8 Å². The first-order chi connectivity index (χ1) is 10.2. The summed E-state index contributed by atoms with van der Waals surface area (Å²) < 4.78 is 19.4. The lowest BCUT2D eigenvalue weighted by molar-refractivity contribution is 0.210. The van der Waals surface area contributed by atoms with Gasteiger partial charge in [-0.1, -0.05) is 57.5 Å². The van der Waals surface area contributed by atoms with Crippen LogP contribution < -0.4 is 4.74 Å². The molecule has 0 aliphatic heterocycles. The highest BCUT2D eigenvalue weighted by Gasteiger charge is 2.09. The molecule has 0 spiro atoms. The summed E-state index contributed by atoms with van der Waals surface area (Å²) in [6.07, 6.45) is 0. The van der Waals surface area contributed by atoms with Crippen molar-refractivity contribution < 1.29 is 14.0 Å². The van der Waals surface area contributed by atoms with Crippen molar-refractivity contribution in [3.63, 3.8) is 0 Å². The van der Waals surface area contributed by atoms with Crippen molar-refractivity contribution in [2.45, 2.75) is 5.33 Å². The molecule has 0 fully saturated rings. The Bertz CT molecular complexity index is 617. The Balaban J connectivity index is 2.11. The van der Waals surface area contributed by atoms with E-state index < -0.39 is 5.82 Å². The van der Waals surface area contributed by atoms with E-state index in [1.807, 2.05) is 36.4 Å². The van der Waals surface area contributed by atoms with Gasteiger partial charge < -0.3 is 9.57 Å². The lowest BCUT2D eigenvalue weighted by Gasteiger charge is -2.10. The van der Waals surface area contributed by atoms with Crippen LogP contribution in [0.4, 0.5) is 4.39 Å². The second-order valence-electron chi connectivity index (χ2n) is 4.27. The molecule has 0 aromatic heterocycles. The summed E-state index contributed by atoms with van der Waals surface area (Å²) in [5.41, 5.74) is 2.33. The number of nitrogens with zero attached hydrogens (tertiary/aromatic N) is 1. The zero-order valence-electron chi connectivity index (χ0n) is 11.6. The molecule has 0 atom stereocenters. The number of hydrogen-bond donors (Lipinski definition) is 0. The SMILES string of the molecule is CON=C(COc1ccc(CBr)cc1F)c1ccccc1. The van der Waals surface area contributed by atoms with Crippen LogP contribution in [0.1, 0.15) is 11.1 Å². The van der Waals surface area contributed by atoms with E-state index in [0.29, 0.717) is 11.0 Å². The number of oxime groups is 1. The van der Waals surface area contributed by atoms with Crippen molar-refractivity contribution in [2.24, 2.45) is 5.16 Å². The first-order valence-corrected chi connectivity index (χ1v) is 7.49. The molecule has 21 heavy (non-hydrogen) atoms. The van der Waals surface area contributed by atoms with Crippen LogP contribution in [0.2, 0.25) is 0 Å². The Hall–Kier alpha value is -1.88. The van der Waals surface area contributed by atoms with Crippen LogP contribution in [0.25, 0.3) is 0 Å². The molecular formula is C16H15BrFNO2. The van der Waals surface area contributed by atoms with Gasteiger partial charge in [-0.05, 0) is 17.7 Å². The van der Waals surface area contributed by atoms with Gasteiger partial charge in [-0.2, -0.15) is 0 Å². The van der Waals surface area contributed by atoms with Crippen LogP contribution in [-0.4, -0.2) is 19.4 Å². The molecule has 0 aliphatic rings. The van der Waals surface area contributed by atoms with E-state index in [-0.39, 0.29) is 12.4 Å². The Morgan fingerprint density at radius 3 is 2.57 bits per heavy atom. The van der Waals surface area contributed by atoms with Crippen molar-refractivity contribution in [3.8, 4) is 5.75 Å². The van der Waals surface area contributed by atoms with Gasteiger partial charge in [0.05, 0.1) is 0 Å². The largest absolute Gasteiger partial charge is 0.484 e. The molecule has 0 aliphatic carbocycles. The fourth-order valence-corrected chi connectivity index (χ4v) is 2.14. The minimum absolute atomic E-state index is 0.127. The van der Waals surface area contributed by atoms with Crippen LogP contribution in [0.3, 0.4) is 0 Å². The van der Waals surface area contributed by atoms with E-state index in [0.717, 1.165) is 11.1 Å². The highest BCUT2D eigenvalue weighted by atomic mass is 79.9. The van der Waals surface area contributed by atoms with E-state index in [1.54, 1.807) is 6.07 Å². The van der Waals surface area contributed by atoms with Gasteiger partial charge in [0.15, 0.2) is 11.6 Å². The Labute approximate surface area is 131 Å². The summed E-state index contributed by atoms with van der Waals surface area (Å²) in [4.78, 5) is 4.82. The van der Waals surface area contributed by atoms with Gasteiger partial charge in [-0.25, -0.2) is 4.39 Å². The number of alkyl halides is 1. The quantitative estimate of drug-likeness (QED) is 0.444. The number of benzene rings is 2. The molecule has 5 heteroatoms. The van der Waals surface area contributed by atoms with Gasteiger partial charge in [0.2, 0.25) is 0 Å². The van der Waals surface area contributed by atoms with Crippen LogP contribution in [0.5, 0.6) is 5.75 Å². The zero-order chi connectivity index (χ0) is 15.1. The van der Waals surface area contributed by atoms with E-state index in [1.165, 1.54) is 13.2 Å². The van der Waals surface area contributed by atoms with Gasteiger partial charge in [-0.3, -0.25) is 0 Å². The molecule has 0 N–H and O–H groups in total. The van der Waals surface area contributed by atoms with Crippen LogP contribution in [0, 0.1) is 5.82 Å². The Morgan fingerprint density at radius 1 is 1.19 bits per heavy atom. The number of ether oxygens (including phenoxy) is 1. The van der Waals surface area contributed by atoms with Gasteiger partial charge in [0, 0.05) is 10.9 Å². The maximum Gasteiger partial charge on any atom is 0.165 e. The number of rotatable bonds is 6. The fourth-order valence-electron chi connectivity index (χ4n) is 1.79. The van der Waals surface area contributed by atoms with Crippen molar-refractivity contribution >= 4 is 21.6 Å². The molecule has 0 saturated heterocycles. The highest BCUT2D eigenvalue weighted by molar-refractivity contribution is 9.08. The second-order valence-corrected chi connectivity index (χ2v) is 4.83. The molecule has 0 unspecified atom stereocenters. The average molecular weight is 352 g/mol. The van der Waals surface area contributed by atoms with Crippen molar-refractivity contribution in [3.05, 3.63) is 65.5 Å². The summed E-state index contributed by atoms with van der Waals surface area (Å²) in [6.45, 7) is 0.127. The van der Waals surface area contributed by atoms with Crippen LogP contribution >= 0.6 is 15.9 Å². The molecule has 0 saturated carbocycles. The van der Waals surface area contributed by atoms with Gasteiger partial charge in [0.25, 0.3) is 0 Å². The smallest absolute Gasteiger partial charge is 0.165 e. The predicted molar refractivity (Wildman–Crippen MR) is 84.5 cm³/mol. The third kappa shape index (κ3) is 4.29. The monoisotopic (exact) mass is 351 g/mol. The summed E-state index contributed by atoms with van der Waals surface area (Å²) in [5, 5.41) is 4.54. The minimum Gasteiger partial charge on any atom is -0.484 e. The first kappa shape index (κ1) is 15.5. The minimum atomic E-state index is -0.392. The van der Waals surface area contributed by atoms with E-state index in [4.69, 9.17) is 9.57 Å². The molecule has 0 bridgehead atoms. The van der Waals surface area contributed by atoms with Crippen molar-refractivity contribution in [2.75, 3.05) is 13.7 Å². The normalized spacial score (nSPS) is 11.3. The molecule has 2 aromatic carbocycles. The van der Waals surface area contributed by atoms with Crippen molar-refractivity contribution in [1.29, 1.82) is 0 Å². The molecule has 0 amide bonds. The third-order valence-corrected chi connectivity index (χ3v) is 3.47. The number of halogens is 2. The van der Waals surface area contributed by atoms with Gasteiger partial charge in [0.1, 0.15) is 19.4 Å². The standard InChI is InChI=1S/C16H15BrFNO2/c1-20-19-15(13-5-3-2-4-6-13)11-21-16-8-7-12(10-17)9-14(16)18/h2-9H,10-11H2,1H3. The van der Waals surface area contributed by atoms with E-state index in [2.05, 4.69) is 21.1 Å². The molecule has 110 valence electrons. The average Bonchev–Trinajstić information content (AvgIpc) is 2.53. The summed E-state index contributed by atoms with van der Waals surface area (Å²) in [7, 11) is 1.47. The molecule has 3 nitrogen and oxygen atoms in total. The summed E-state index contributed by atoms with van der Waals surface area (Å²) >= 11 is 3.29. The maximum absolute atomic E-state index is 13.9. The lowest BCUT2D eigenvalue weighted by Crippen LogP contribution is -2.14. The van der Waals surface area contributed by atoms with Crippen LogP contribution in [0.15, 0.2) is 53.7 Å². The summed E-state index contributed by atoms with van der Waals surface area (Å²) in [6, 6.07) is 14.4. The predicted octanol–water partition coefficient (Wildman–Crippen LogP) is 4.15. The molecular weight excluding hydrogens is 337 g/mol. The number of hydrogen-bond acceptors (Lipinski definition) is 3. The molecule has 2 rings (SSSR count). The van der Waals surface area contributed by atoms with Crippen LogP contribution in [-0.2, 0) is 10.2 Å². The second kappa shape index (κ2) is 7.78. The van der Waals surface area contributed by atoms with E-state index >= 15 is 0 Å². The highest BCUT2D eigenvalue weighted by Crippen LogP contribution is 2.20. The maximum atomic E-state index is 13.9. The fraction of sp³-hybridized carbons (Fsp3) is 0.188.